The van der Waals surface area contributed by atoms with Crippen molar-refractivity contribution >= 4 is 15.7 Å². The summed E-state index contributed by atoms with van der Waals surface area (Å²) >= 11 is 0. The standard InChI is InChI=1S/C8H17BO2S/c1-8-4-3-6-9(7-5-8)12(2,10)11/h8H,3-7H2,1-2H3. The molecule has 0 saturated carbocycles. The van der Waals surface area contributed by atoms with Crippen LogP contribution in [0.25, 0.3) is 0 Å². The van der Waals surface area contributed by atoms with Crippen molar-refractivity contribution in [2.45, 2.75) is 38.8 Å². The molecule has 0 radical (unpaired) electrons. The molecule has 0 aromatic heterocycles. The van der Waals surface area contributed by atoms with E-state index in [9.17, 15) is 8.42 Å². The third-order valence-electron chi connectivity index (χ3n) is 2.81. The summed E-state index contributed by atoms with van der Waals surface area (Å²) < 4.78 is 22.5. The van der Waals surface area contributed by atoms with E-state index in [1.807, 2.05) is 0 Å². The highest BCUT2D eigenvalue weighted by molar-refractivity contribution is 8.18. The summed E-state index contributed by atoms with van der Waals surface area (Å²) in [5.74, 6) is 0.666. The van der Waals surface area contributed by atoms with E-state index in [1.165, 1.54) is 12.7 Å². The van der Waals surface area contributed by atoms with Crippen LogP contribution in [0, 0.1) is 5.92 Å². The average molecular weight is 188 g/mol. The molecular weight excluding hydrogens is 171 g/mol. The number of rotatable bonds is 1. The molecule has 12 heavy (non-hydrogen) atoms. The van der Waals surface area contributed by atoms with Gasteiger partial charge in [0, 0.05) is 6.26 Å². The summed E-state index contributed by atoms with van der Waals surface area (Å²) in [6.45, 7) is 2.21. The topological polar surface area (TPSA) is 34.1 Å². The molecule has 0 aromatic rings. The van der Waals surface area contributed by atoms with Crippen molar-refractivity contribution in [3.05, 3.63) is 0 Å². The second-order valence-corrected chi connectivity index (χ2v) is 6.39. The monoisotopic (exact) mass is 188 g/mol. The minimum Gasteiger partial charge on any atom is -0.241 e. The van der Waals surface area contributed by atoms with Gasteiger partial charge in [0.1, 0.15) is 9.69 Å². The van der Waals surface area contributed by atoms with Crippen LogP contribution >= 0.6 is 0 Å². The highest BCUT2D eigenvalue weighted by atomic mass is 32.2. The molecule has 0 spiro atoms. The van der Waals surface area contributed by atoms with Gasteiger partial charge < -0.3 is 0 Å². The predicted octanol–water partition coefficient (Wildman–Crippen LogP) is 1.84. The first-order valence-corrected chi connectivity index (χ1v) is 6.64. The second kappa shape index (κ2) is 3.82. The summed E-state index contributed by atoms with van der Waals surface area (Å²) in [7, 11) is -2.77. The van der Waals surface area contributed by atoms with E-state index in [0.29, 0.717) is 0 Å². The Morgan fingerprint density at radius 2 is 1.92 bits per heavy atom. The van der Waals surface area contributed by atoms with Crippen LogP contribution < -0.4 is 0 Å². The zero-order chi connectivity index (χ0) is 9.19. The van der Waals surface area contributed by atoms with Crippen molar-refractivity contribution in [1.82, 2.24) is 0 Å². The lowest BCUT2D eigenvalue weighted by molar-refractivity contribution is 0.520. The number of hydrogen-bond acceptors (Lipinski definition) is 2. The van der Waals surface area contributed by atoms with Gasteiger partial charge in [0.15, 0.2) is 0 Å². The first kappa shape index (κ1) is 10.1. The maximum atomic E-state index is 11.2. The molecule has 1 heterocycles. The van der Waals surface area contributed by atoms with E-state index in [-0.39, 0.29) is 5.99 Å². The fraction of sp³-hybridized carbons (Fsp3) is 1.00. The Labute approximate surface area is 75.6 Å². The molecule has 0 N–H and O–H groups in total. The molecule has 4 heteroatoms. The quantitative estimate of drug-likeness (QED) is 0.588. The highest BCUT2D eigenvalue weighted by Gasteiger charge is 2.28. The van der Waals surface area contributed by atoms with Gasteiger partial charge in [-0.2, -0.15) is 0 Å². The van der Waals surface area contributed by atoms with E-state index >= 15 is 0 Å². The summed E-state index contributed by atoms with van der Waals surface area (Å²) in [5.41, 5.74) is 0. The van der Waals surface area contributed by atoms with Crippen LogP contribution in [0.15, 0.2) is 0 Å². The molecule has 1 rings (SSSR count). The van der Waals surface area contributed by atoms with Gasteiger partial charge >= 0.3 is 0 Å². The van der Waals surface area contributed by atoms with Crippen LogP contribution in [-0.4, -0.2) is 20.7 Å². The fourth-order valence-electron chi connectivity index (χ4n) is 1.88. The van der Waals surface area contributed by atoms with Crippen LogP contribution in [0.1, 0.15) is 26.2 Å². The SMILES string of the molecule is CC1CCCB(S(C)(=O)=O)CC1. The Hall–Kier alpha value is 0.0149. The summed E-state index contributed by atoms with van der Waals surface area (Å²) in [6, 6.07) is 0. The second-order valence-electron chi connectivity index (χ2n) is 4.06. The summed E-state index contributed by atoms with van der Waals surface area (Å²) in [5, 5.41) is 0. The normalized spacial score (nSPS) is 26.8. The minimum atomic E-state index is -2.77. The molecule has 0 bridgehead atoms. The Balaban J connectivity index is 2.58. The molecule has 1 saturated heterocycles. The summed E-state index contributed by atoms with van der Waals surface area (Å²) in [6.07, 6.45) is 6.49. The molecule has 1 fully saturated rings. The van der Waals surface area contributed by atoms with Crippen molar-refractivity contribution in [1.29, 1.82) is 0 Å². The van der Waals surface area contributed by atoms with Gasteiger partial charge in [0.05, 0.1) is 0 Å². The Morgan fingerprint density at radius 3 is 2.50 bits per heavy atom. The maximum Gasteiger partial charge on any atom is 0.291 e. The lowest BCUT2D eigenvalue weighted by Gasteiger charge is -2.06. The lowest BCUT2D eigenvalue weighted by Crippen LogP contribution is -2.23. The van der Waals surface area contributed by atoms with E-state index < -0.39 is 9.69 Å². The van der Waals surface area contributed by atoms with E-state index in [1.54, 1.807) is 0 Å². The van der Waals surface area contributed by atoms with Crippen molar-refractivity contribution in [2.24, 2.45) is 5.92 Å². The lowest BCUT2D eigenvalue weighted by atomic mass is 9.68. The predicted molar refractivity (Wildman–Crippen MR) is 53.2 cm³/mol. The van der Waals surface area contributed by atoms with Gasteiger partial charge in [0.2, 0.25) is 0 Å². The Bertz CT molecular complexity index is 235. The first-order chi connectivity index (χ1) is 5.50. The van der Waals surface area contributed by atoms with Gasteiger partial charge in [-0.15, -0.1) is 0 Å². The molecule has 2 nitrogen and oxygen atoms in total. The van der Waals surface area contributed by atoms with Crippen molar-refractivity contribution in [3.63, 3.8) is 0 Å². The van der Waals surface area contributed by atoms with Crippen molar-refractivity contribution in [3.8, 4) is 0 Å². The molecule has 0 aliphatic carbocycles. The molecular formula is C8H17BO2S. The number of hydrogen-bond donors (Lipinski definition) is 0. The van der Waals surface area contributed by atoms with E-state index in [0.717, 1.165) is 31.4 Å². The zero-order valence-corrected chi connectivity index (χ0v) is 8.73. The van der Waals surface area contributed by atoms with Gasteiger partial charge in [0.25, 0.3) is 5.99 Å². The molecule has 0 amide bonds. The molecule has 0 aromatic carbocycles. The van der Waals surface area contributed by atoms with Gasteiger partial charge in [-0.25, -0.2) is 8.42 Å². The van der Waals surface area contributed by atoms with E-state index in [2.05, 4.69) is 6.92 Å². The Kier molecular flexibility index (Phi) is 3.21. The average Bonchev–Trinajstić information content (AvgIpc) is 2.11. The third kappa shape index (κ3) is 2.81. The molecule has 1 aliphatic heterocycles. The van der Waals surface area contributed by atoms with Crippen LogP contribution in [-0.2, 0) is 9.69 Å². The van der Waals surface area contributed by atoms with Gasteiger partial charge in [-0.05, 0) is 5.92 Å². The van der Waals surface area contributed by atoms with Gasteiger partial charge in [-0.3, -0.25) is 0 Å². The zero-order valence-electron chi connectivity index (χ0n) is 7.91. The van der Waals surface area contributed by atoms with Gasteiger partial charge in [-0.1, -0.05) is 38.8 Å². The maximum absolute atomic E-state index is 11.2. The van der Waals surface area contributed by atoms with Crippen molar-refractivity contribution < 1.29 is 8.42 Å². The third-order valence-corrected chi connectivity index (χ3v) is 4.49. The molecule has 1 unspecified atom stereocenters. The van der Waals surface area contributed by atoms with Crippen LogP contribution in [0.4, 0.5) is 0 Å². The minimum absolute atomic E-state index is 0.0533. The Morgan fingerprint density at radius 1 is 1.25 bits per heavy atom. The first-order valence-electron chi connectivity index (χ1n) is 4.69. The molecule has 1 aliphatic rings. The van der Waals surface area contributed by atoms with Crippen molar-refractivity contribution in [2.75, 3.05) is 6.26 Å². The van der Waals surface area contributed by atoms with Crippen LogP contribution in [0.5, 0.6) is 0 Å². The molecule has 70 valence electrons. The van der Waals surface area contributed by atoms with Crippen LogP contribution in [0.3, 0.4) is 0 Å². The largest absolute Gasteiger partial charge is 0.291 e. The highest BCUT2D eigenvalue weighted by Crippen LogP contribution is 2.25. The fourth-order valence-corrected chi connectivity index (χ4v) is 3.04. The molecule has 1 atom stereocenters. The smallest absolute Gasteiger partial charge is 0.241 e. The van der Waals surface area contributed by atoms with Crippen LogP contribution in [0.2, 0.25) is 12.6 Å². The summed E-state index contributed by atoms with van der Waals surface area (Å²) in [4.78, 5) is 0. The van der Waals surface area contributed by atoms with E-state index in [4.69, 9.17) is 0 Å².